The number of hydrogen-bond acceptors (Lipinski definition) is 4. The molecule has 0 aliphatic heterocycles. The van der Waals surface area contributed by atoms with Crippen LogP contribution in [0.5, 0.6) is 0 Å². The molecule has 1 unspecified atom stereocenters. The van der Waals surface area contributed by atoms with Crippen molar-refractivity contribution < 1.29 is 9.53 Å². The topological polar surface area (TPSA) is 77.2 Å². The smallest absolute Gasteiger partial charge is 0.252 e. The van der Waals surface area contributed by atoms with Crippen LogP contribution in [0.4, 0.5) is 5.82 Å². The van der Waals surface area contributed by atoms with E-state index in [1.165, 1.54) is 0 Å². The zero-order valence-electron chi connectivity index (χ0n) is 8.86. The second kappa shape index (κ2) is 5.31. The minimum atomic E-state index is -0.490. The number of ether oxygens (including phenoxy) is 1. The molecular weight excluding hydrogens is 194 g/mol. The van der Waals surface area contributed by atoms with Crippen molar-refractivity contribution in [1.82, 2.24) is 4.98 Å². The van der Waals surface area contributed by atoms with Crippen LogP contribution in [0.15, 0.2) is 18.3 Å². The minimum Gasteiger partial charge on any atom is -0.380 e. The Labute approximate surface area is 88.6 Å². The number of hydrogen-bond donors (Lipinski definition) is 2. The van der Waals surface area contributed by atoms with Crippen LogP contribution in [-0.4, -0.2) is 30.6 Å². The summed E-state index contributed by atoms with van der Waals surface area (Å²) in [6.45, 7) is 2.49. The standard InChI is InChI=1S/C10H15N3O2/c1-7(15-2)6-13-10-8(9(11)14)4-3-5-12-10/h3-5,7H,6H2,1-2H3,(H2,11,14)(H,12,13). The van der Waals surface area contributed by atoms with Crippen LogP contribution in [0.1, 0.15) is 17.3 Å². The molecule has 0 fully saturated rings. The third kappa shape index (κ3) is 3.21. The molecule has 15 heavy (non-hydrogen) atoms. The predicted octanol–water partition coefficient (Wildman–Crippen LogP) is 0.627. The number of methoxy groups -OCH3 is 1. The molecule has 1 aromatic heterocycles. The summed E-state index contributed by atoms with van der Waals surface area (Å²) in [5.74, 6) is 0.00423. The number of nitrogens with one attached hydrogen (secondary N) is 1. The maximum Gasteiger partial charge on any atom is 0.252 e. The normalized spacial score (nSPS) is 12.1. The summed E-state index contributed by atoms with van der Waals surface area (Å²) >= 11 is 0. The van der Waals surface area contributed by atoms with Crippen molar-refractivity contribution in [2.45, 2.75) is 13.0 Å². The Kier molecular flexibility index (Phi) is 4.05. The first-order valence-corrected chi connectivity index (χ1v) is 4.66. The predicted molar refractivity (Wildman–Crippen MR) is 57.7 cm³/mol. The van der Waals surface area contributed by atoms with Gasteiger partial charge < -0.3 is 15.8 Å². The van der Waals surface area contributed by atoms with Crippen LogP contribution in [0.25, 0.3) is 0 Å². The third-order valence-corrected chi connectivity index (χ3v) is 2.03. The number of rotatable bonds is 5. The summed E-state index contributed by atoms with van der Waals surface area (Å²) in [6.07, 6.45) is 1.65. The highest BCUT2D eigenvalue weighted by Gasteiger charge is 2.08. The number of nitrogens with two attached hydrogens (primary N) is 1. The monoisotopic (exact) mass is 209 g/mol. The highest BCUT2D eigenvalue weighted by molar-refractivity contribution is 5.97. The van der Waals surface area contributed by atoms with Gasteiger partial charge in [0.1, 0.15) is 5.82 Å². The molecule has 0 aromatic carbocycles. The number of aromatic nitrogens is 1. The minimum absolute atomic E-state index is 0.0488. The van der Waals surface area contributed by atoms with E-state index in [-0.39, 0.29) is 6.10 Å². The van der Waals surface area contributed by atoms with Crippen LogP contribution in [-0.2, 0) is 4.74 Å². The van der Waals surface area contributed by atoms with E-state index >= 15 is 0 Å². The van der Waals surface area contributed by atoms with Gasteiger partial charge in [-0.05, 0) is 19.1 Å². The summed E-state index contributed by atoms with van der Waals surface area (Å²) in [5.41, 5.74) is 5.59. The van der Waals surface area contributed by atoms with Crippen LogP contribution in [0, 0.1) is 0 Å². The van der Waals surface area contributed by atoms with Gasteiger partial charge in [0, 0.05) is 19.9 Å². The first-order chi connectivity index (χ1) is 7.15. The second-order valence-electron chi connectivity index (χ2n) is 3.19. The zero-order valence-corrected chi connectivity index (χ0v) is 8.86. The number of carbonyl (C=O) groups is 1. The van der Waals surface area contributed by atoms with Gasteiger partial charge in [-0.25, -0.2) is 4.98 Å². The lowest BCUT2D eigenvalue weighted by Gasteiger charge is -2.12. The Morgan fingerprint density at radius 2 is 2.47 bits per heavy atom. The molecule has 0 saturated carbocycles. The van der Waals surface area contributed by atoms with Crippen molar-refractivity contribution in [3.8, 4) is 0 Å². The quantitative estimate of drug-likeness (QED) is 0.745. The SMILES string of the molecule is COC(C)CNc1ncccc1C(N)=O. The Hall–Kier alpha value is -1.62. The maximum atomic E-state index is 11.0. The van der Waals surface area contributed by atoms with E-state index in [1.807, 2.05) is 6.92 Å². The molecule has 1 amide bonds. The number of pyridine rings is 1. The van der Waals surface area contributed by atoms with E-state index < -0.39 is 5.91 Å². The van der Waals surface area contributed by atoms with Gasteiger partial charge in [-0.1, -0.05) is 0 Å². The molecule has 0 bridgehead atoms. The van der Waals surface area contributed by atoms with E-state index in [9.17, 15) is 4.79 Å². The van der Waals surface area contributed by atoms with Crippen molar-refractivity contribution in [1.29, 1.82) is 0 Å². The average molecular weight is 209 g/mol. The van der Waals surface area contributed by atoms with Crippen molar-refractivity contribution >= 4 is 11.7 Å². The highest BCUT2D eigenvalue weighted by atomic mass is 16.5. The first-order valence-electron chi connectivity index (χ1n) is 4.66. The molecule has 1 atom stereocenters. The summed E-state index contributed by atoms with van der Waals surface area (Å²) in [5, 5.41) is 3.01. The van der Waals surface area contributed by atoms with E-state index in [0.29, 0.717) is 17.9 Å². The zero-order chi connectivity index (χ0) is 11.3. The van der Waals surface area contributed by atoms with Gasteiger partial charge in [-0.2, -0.15) is 0 Å². The van der Waals surface area contributed by atoms with Gasteiger partial charge in [0.25, 0.3) is 5.91 Å². The number of nitrogens with zero attached hydrogens (tertiary/aromatic N) is 1. The van der Waals surface area contributed by atoms with Crippen molar-refractivity contribution in [3.05, 3.63) is 23.9 Å². The summed E-state index contributed by atoms with van der Waals surface area (Å²) in [4.78, 5) is 15.1. The summed E-state index contributed by atoms with van der Waals surface area (Å²) in [7, 11) is 1.62. The largest absolute Gasteiger partial charge is 0.380 e. The van der Waals surface area contributed by atoms with E-state index in [1.54, 1.807) is 25.4 Å². The molecule has 1 rings (SSSR count). The van der Waals surface area contributed by atoms with E-state index in [0.717, 1.165) is 0 Å². The second-order valence-corrected chi connectivity index (χ2v) is 3.19. The fourth-order valence-corrected chi connectivity index (χ4v) is 1.07. The molecule has 0 saturated heterocycles. The Morgan fingerprint density at radius 3 is 3.07 bits per heavy atom. The lowest BCUT2D eigenvalue weighted by Crippen LogP contribution is -2.21. The molecule has 1 aromatic rings. The summed E-state index contributed by atoms with van der Waals surface area (Å²) in [6, 6.07) is 3.31. The Morgan fingerprint density at radius 1 is 1.73 bits per heavy atom. The number of amides is 1. The number of primary amides is 1. The third-order valence-electron chi connectivity index (χ3n) is 2.03. The van der Waals surface area contributed by atoms with Crippen molar-refractivity contribution in [2.75, 3.05) is 19.0 Å². The number of carbonyl (C=O) groups excluding carboxylic acids is 1. The molecule has 5 heteroatoms. The van der Waals surface area contributed by atoms with Gasteiger partial charge in [0.15, 0.2) is 0 Å². The number of anilines is 1. The fourth-order valence-electron chi connectivity index (χ4n) is 1.07. The summed E-state index contributed by atoms with van der Waals surface area (Å²) < 4.78 is 5.07. The maximum absolute atomic E-state index is 11.0. The lowest BCUT2D eigenvalue weighted by atomic mass is 10.2. The fraction of sp³-hybridized carbons (Fsp3) is 0.400. The highest BCUT2D eigenvalue weighted by Crippen LogP contribution is 2.10. The first kappa shape index (κ1) is 11.5. The molecular formula is C10H15N3O2. The van der Waals surface area contributed by atoms with Crippen LogP contribution in [0.2, 0.25) is 0 Å². The van der Waals surface area contributed by atoms with Gasteiger partial charge in [-0.15, -0.1) is 0 Å². The molecule has 0 aliphatic rings. The molecule has 0 radical (unpaired) electrons. The van der Waals surface area contributed by atoms with Crippen molar-refractivity contribution in [2.24, 2.45) is 5.73 Å². The van der Waals surface area contributed by atoms with Crippen molar-refractivity contribution in [3.63, 3.8) is 0 Å². The molecule has 1 heterocycles. The van der Waals surface area contributed by atoms with E-state index in [4.69, 9.17) is 10.5 Å². The van der Waals surface area contributed by atoms with E-state index in [2.05, 4.69) is 10.3 Å². The van der Waals surface area contributed by atoms with Gasteiger partial charge in [0.05, 0.1) is 11.7 Å². The lowest BCUT2D eigenvalue weighted by molar-refractivity contribution is 0.1000. The van der Waals surface area contributed by atoms with Crippen LogP contribution < -0.4 is 11.1 Å². The van der Waals surface area contributed by atoms with Gasteiger partial charge in [0.2, 0.25) is 0 Å². The van der Waals surface area contributed by atoms with Crippen LogP contribution >= 0.6 is 0 Å². The molecule has 0 spiro atoms. The van der Waals surface area contributed by atoms with Gasteiger partial charge >= 0.3 is 0 Å². The molecule has 0 aliphatic carbocycles. The molecule has 5 nitrogen and oxygen atoms in total. The molecule has 3 N–H and O–H groups in total. The Bertz CT molecular complexity index is 341. The molecule has 82 valence electrons. The van der Waals surface area contributed by atoms with Crippen LogP contribution in [0.3, 0.4) is 0 Å². The van der Waals surface area contributed by atoms with Gasteiger partial charge in [-0.3, -0.25) is 4.79 Å². The Balaban J connectivity index is 2.72. The average Bonchev–Trinajstić information content (AvgIpc) is 2.26.